The summed E-state index contributed by atoms with van der Waals surface area (Å²) in [6.07, 6.45) is 0.898. The number of aryl methyl sites for hydroxylation is 3. The van der Waals surface area contributed by atoms with E-state index in [1.807, 2.05) is 33.6 Å². The van der Waals surface area contributed by atoms with Crippen molar-refractivity contribution in [2.75, 3.05) is 12.0 Å². The molecule has 7 rings (SSSR count). The largest absolute Gasteiger partial charge is 2.00 e. The van der Waals surface area contributed by atoms with E-state index in [2.05, 4.69) is 149 Å². The van der Waals surface area contributed by atoms with Crippen molar-refractivity contribution in [1.82, 2.24) is 19.6 Å². The molecule has 7 aromatic rings. The van der Waals surface area contributed by atoms with E-state index in [9.17, 15) is 0 Å². The molecule has 0 aliphatic rings. The number of rotatable bonds is 10. The zero-order chi connectivity index (χ0) is 34.8. The molecular weight excluding hydrogens is 810 g/mol. The Morgan fingerprint density at radius 1 is 0.725 bits per heavy atom. The van der Waals surface area contributed by atoms with Crippen LogP contribution in [0.5, 0.6) is 5.75 Å². The number of hydrogen-bond donors (Lipinski definition) is 0. The molecular formula is C44H41N5OPt. The van der Waals surface area contributed by atoms with Gasteiger partial charge in [-0.25, -0.2) is 0 Å². The Hall–Kier alpha value is -5.19. The van der Waals surface area contributed by atoms with Crippen molar-refractivity contribution < 1.29 is 25.8 Å². The fourth-order valence-electron chi connectivity index (χ4n) is 6.50. The maximum absolute atomic E-state index is 5.62. The van der Waals surface area contributed by atoms with Crippen LogP contribution in [0.25, 0.3) is 33.9 Å². The first kappa shape index (κ1) is 35.6. The third-order valence-corrected chi connectivity index (χ3v) is 9.15. The number of nitrogens with zero attached hydrogens (tertiary/aromatic N) is 5. The summed E-state index contributed by atoms with van der Waals surface area (Å²) in [6.45, 7) is 10.9. The van der Waals surface area contributed by atoms with Crippen molar-refractivity contribution in [1.29, 1.82) is 0 Å². The topological polar surface area (TPSA) is 48.1 Å². The Labute approximate surface area is 315 Å². The Balaban J connectivity index is 0.00000448. The number of para-hydroxylation sites is 1. The Morgan fingerprint density at radius 2 is 1.37 bits per heavy atom. The summed E-state index contributed by atoms with van der Waals surface area (Å²) in [6, 6.07) is 48.7. The summed E-state index contributed by atoms with van der Waals surface area (Å²) in [5, 5.41) is 10.7. The average molecular weight is 851 g/mol. The van der Waals surface area contributed by atoms with Gasteiger partial charge in [0.25, 0.3) is 0 Å². The fraction of sp³-hybridized carbons (Fsp3) is 0.182. The van der Waals surface area contributed by atoms with Gasteiger partial charge in [0.2, 0.25) is 0 Å². The van der Waals surface area contributed by atoms with Crippen molar-refractivity contribution in [3.05, 3.63) is 156 Å². The van der Waals surface area contributed by atoms with Crippen LogP contribution in [0, 0.1) is 26.0 Å². The van der Waals surface area contributed by atoms with E-state index >= 15 is 0 Å². The molecule has 51 heavy (non-hydrogen) atoms. The average Bonchev–Trinajstić information content (AvgIpc) is 3.78. The monoisotopic (exact) mass is 850 g/mol. The standard InChI is InChI=1S/C44H41N5O.Pt/c1-7-33-16-9-11-21-39(33)42-29-44(45-48(42)34-25-23-31(4)24-26-34)47(40-22-13-12-19-37(40)30(2)3)43-28-41(38-20-10-8-15-32(38)5)49(46-43)35-17-14-18-36(27-35)50-6;/h8-16,18-25,27-30H,7H2,1-6H3;/q-2;+2. The molecule has 0 spiro atoms. The van der Waals surface area contributed by atoms with Crippen LogP contribution in [0.3, 0.4) is 0 Å². The molecule has 2 aromatic heterocycles. The third-order valence-electron chi connectivity index (χ3n) is 9.15. The van der Waals surface area contributed by atoms with E-state index in [4.69, 9.17) is 14.9 Å². The van der Waals surface area contributed by atoms with Crippen molar-refractivity contribution in [3.63, 3.8) is 0 Å². The van der Waals surface area contributed by atoms with Gasteiger partial charge in [0.15, 0.2) is 11.6 Å². The number of benzene rings is 5. The maximum atomic E-state index is 5.62. The van der Waals surface area contributed by atoms with Crippen LogP contribution in [0.4, 0.5) is 17.3 Å². The first-order chi connectivity index (χ1) is 24.4. The smallest absolute Gasteiger partial charge is 0.522 e. The zero-order valence-corrected chi connectivity index (χ0v) is 32.1. The predicted octanol–water partition coefficient (Wildman–Crippen LogP) is 10.8. The molecule has 0 N–H and O–H groups in total. The molecule has 0 fully saturated rings. The second-order valence-electron chi connectivity index (χ2n) is 12.8. The van der Waals surface area contributed by atoms with E-state index in [1.54, 1.807) is 7.11 Å². The summed E-state index contributed by atoms with van der Waals surface area (Å²) in [4.78, 5) is 2.19. The van der Waals surface area contributed by atoms with Crippen molar-refractivity contribution in [2.45, 2.75) is 47.0 Å². The van der Waals surface area contributed by atoms with Crippen LogP contribution >= 0.6 is 0 Å². The van der Waals surface area contributed by atoms with Gasteiger partial charge in [0, 0.05) is 29.0 Å². The normalized spacial score (nSPS) is 11.0. The summed E-state index contributed by atoms with van der Waals surface area (Å²) >= 11 is 0. The van der Waals surface area contributed by atoms with Crippen LogP contribution in [-0.2, 0) is 27.5 Å². The molecule has 0 amide bonds. The maximum Gasteiger partial charge on any atom is 2.00 e. The van der Waals surface area contributed by atoms with Crippen LogP contribution in [0.2, 0.25) is 0 Å². The molecule has 0 saturated carbocycles. The molecule has 0 aliphatic heterocycles. The molecule has 6 nitrogen and oxygen atoms in total. The van der Waals surface area contributed by atoms with E-state index in [1.165, 1.54) is 11.1 Å². The first-order valence-electron chi connectivity index (χ1n) is 17.1. The van der Waals surface area contributed by atoms with Crippen molar-refractivity contribution in [3.8, 4) is 39.6 Å². The van der Waals surface area contributed by atoms with E-state index in [0.29, 0.717) is 0 Å². The van der Waals surface area contributed by atoms with E-state index in [0.717, 1.165) is 74.5 Å². The molecule has 258 valence electrons. The summed E-state index contributed by atoms with van der Waals surface area (Å²) in [5.74, 6) is 2.48. The van der Waals surface area contributed by atoms with E-state index < -0.39 is 0 Å². The van der Waals surface area contributed by atoms with Gasteiger partial charge in [-0.15, -0.1) is 18.2 Å². The van der Waals surface area contributed by atoms with Gasteiger partial charge in [-0.05, 0) is 53.4 Å². The van der Waals surface area contributed by atoms with Gasteiger partial charge in [-0.1, -0.05) is 94.4 Å². The van der Waals surface area contributed by atoms with Gasteiger partial charge in [-0.3, -0.25) is 14.3 Å². The second-order valence-corrected chi connectivity index (χ2v) is 12.8. The molecule has 0 bridgehead atoms. The Bertz CT molecular complexity index is 2270. The number of ether oxygens (including phenoxy) is 1. The Kier molecular flexibility index (Phi) is 10.7. The molecule has 0 atom stereocenters. The number of aromatic nitrogens is 4. The minimum absolute atomic E-state index is 0. The van der Waals surface area contributed by atoms with E-state index in [-0.39, 0.29) is 27.0 Å². The Morgan fingerprint density at radius 3 is 2.04 bits per heavy atom. The fourth-order valence-corrected chi connectivity index (χ4v) is 6.50. The van der Waals surface area contributed by atoms with Gasteiger partial charge in [0.1, 0.15) is 0 Å². The van der Waals surface area contributed by atoms with Crippen LogP contribution in [0.15, 0.2) is 121 Å². The second kappa shape index (κ2) is 15.4. The van der Waals surface area contributed by atoms with Crippen LogP contribution in [-0.4, -0.2) is 26.7 Å². The summed E-state index contributed by atoms with van der Waals surface area (Å²) in [5.41, 5.74) is 11.6. The summed E-state index contributed by atoms with van der Waals surface area (Å²) in [7, 11) is 1.68. The van der Waals surface area contributed by atoms with Crippen molar-refractivity contribution >= 4 is 17.3 Å². The molecule has 0 aliphatic carbocycles. The predicted molar refractivity (Wildman–Crippen MR) is 203 cm³/mol. The van der Waals surface area contributed by atoms with Crippen molar-refractivity contribution in [2.24, 2.45) is 0 Å². The first-order valence-corrected chi connectivity index (χ1v) is 17.1. The molecule has 0 saturated heterocycles. The quantitative estimate of drug-likeness (QED) is 0.129. The van der Waals surface area contributed by atoms with Crippen LogP contribution in [0.1, 0.15) is 48.9 Å². The molecule has 5 aromatic carbocycles. The molecule has 2 heterocycles. The third kappa shape index (κ3) is 7.06. The zero-order valence-electron chi connectivity index (χ0n) is 29.8. The number of hydrogen-bond acceptors (Lipinski definition) is 4. The van der Waals surface area contributed by atoms with Gasteiger partial charge in [-0.2, -0.15) is 46.1 Å². The molecule has 7 heteroatoms. The SMILES string of the molecule is CCc1ccccc1-c1cc(N(c2cc(-c3ccccc3C)n(-c3[c-]ccc(OC)c3)n2)c2ccccc2C(C)C)nn1-c1[c-]cc(C)cc1.[Pt+2]. The molecule has 0 radical (unpaired) electrons. The minimum Gasteiger partial charge on any atom is -0.522 e. The van der Waals surface area contributed by atoms with Gasteiger partial charge < -0.3 is 4.74 Å². The number of methoxy groups -OCH3 is 1. The number of anilines is 3. The van der Waals surface area contributed by atoms with Gasteiger partial charge in [0.05, 0.1) is 24.2 Å². The summed E-state index contributed by atoms with van der Waals surface area (Å²) < 4.78 is 9.60. The van der Waals surface area contributed by atoms with Crippen LogP contribution < -0.4 is 9.64 Å². The molecule has 0 unspecified atom stereocenters. The minimum atomic E-state index is 0. The van der Waals surface area contributed by atoms with Gasteiger partial charge >= 0.3 is 21.1 Å².